The molecule has 1 aromatic rings. The molecule has 1 aromatic heterocycles. The molecule has 0 saturated carbocycles. The predicted octanol–water partition coefficient (Wildman–Crippen LogP) is 3.81. The second-order valence-corrected chi connectivity index (χ2v) is 5.50. The smallest absolute Gasteiger partial charge is 0.0644 e. The molecule has 3 nitrogen and oxygen atoms in total. The van der Waals surface area contributed by atoms with E-state index in [2.05, 4.69) is 45.6 Å². The fourth-order valence-corrected chi connectivity index (χ4v) is 3.02. The van der Waals surface area contributed by atoms with Gasteiger partial charge in [-0.3, -0.25) is 4.68 Å². The van der Waals surface area contributed by atoms with Gasteiger partial charge in [-0.05, 0) is 44.7 Å². The number of halogens is 1. The molecule has 0 aromatic carbocycles. The Labute approximate surface area is 117 Å². The Morgan fingerprint density at radius 2 is 2.22 bits per heavy atom. The highest BCUT2D eigenvalue weighted by molar-refractivity contribution is 9.09. The lowest BCUT2D eigenvalue weighted by atomic mass is 9.98. The minimum absolute atomic E-state index is 0.403. The highest BCUT2D eigenvalue weighted by Crippen LogP contribution is 2.29. The SMILES string of the molecule is CC(C)n1nccc1/C1=C(\CBr)CCOCCC1. The zero-order valence-corrected chi connectivity index (χ0v) is 12.7. The summed E-state index contributed by atoms with van der Waals surface area (Å²) in [5.41, 5.74) is 4.19. The largest absolute Gasteiger partial charge is 0.381 e. The molecule has 18 heavy (non-hydrogen) atoms. The van der Waals surface area contributed by atoms with E-state index in [1.54, 1.807) is 0 Å². The summed E-state index contributed by atoms with van der Waals surface area (Å²) in [6.07, 6.45) is 5.10. The van der Waals surface area contributed by atoms with Crippen molar-refractivity contribution < 1.29 is 4.74 Å². The van der Waals surface area contributed by atoms with Crippen molar-refractivity contribution in [2.45, 2.75) is 39.2 Å². The van der Waals surface area contributed by atoms with Crippen LogP contribution in [0.2, 0.25) is 0 Å². The fourth-order valence-electron chi connectivity index (χ4n) is 2.40. The summed E-state index contributed by atoms with van der Waals surface area (Å²) in [6.45, 7) is 6.06. The third kappa shape index (κ3) is 3.04. The first-order chi connectivity index (χ1) is 8.74. The average molecular weight is 313 g/mol. The van der Waals surface area contributed by atoms with Gasteiger partial charge in [-0.2, -0.15) is 5.10 Å². The summed E-state index contributed by atoms with van der Waals surface area (Å²) in [6, 6.07) is 2.54. The molecule has 2 rings (SSSR count). The van der Waals surface area contributed by atoms with Crippen LogP contribution in [0.25, 0.3) is 5.57 Å². The molecule has 1 aliphatic rings. The van der Waals surface area contributed by atoms with Gasteiger partial charge < -0.3 is 4.74 Å². The number of rotatable bonds is 3. The molecule has 0 aliphatic carbocycles. The van der Waals surface area contributed by atoms with Crippen molar-refractivity contribution in [3.05, 3.63) is 23.5 Å². The maximum atomic E-state index is 5.57. The Bertz CT molecular complexity index is 423. The summed E-state index contributed by atoms with van der Waals surface area (Å²) < 4.78 is 7.70. The normalized spacial score (nSPS) is 22.0. The van der Waals surface area contributed by atoms with Crippen molar-refractivity contribution in [2.75, 3.05) is 18.5 Å². The Balaban J connectivity index is 2.39. The van der Waals surface area contributed by atoms with Crippen molar-refractivity contribution in [1.82, 2.24) is 9.78 Å². The third-order valence-corrected chi connectivity index (χ3v) is 4.00. The molecule has 0 radical (unpaired) electrons. The van der Waals surface area contributed by atoms with E-state index in [0.717, 1.165) is 37.8 Å². The van der Waals surface area contributed by atoms with Gasteiger partial charge in [-0.1, -0.05) is 21.5 Å². The van der Waals surface area contributed by atoms with Crippen LogP contribution in [0.5, 0.6) is 0 Å². The van der Waals surface area contributed by atoms with Crippen molar-refractivity contribution in [3.8, 4) is 0 Å². The van der Waals surface area contributed by atoms with Gasteiger partial charge in [0.2, 0.25) is 0 Å². The van der Waals surface area contributed by atoms with Gasteiger partial charge in [0.15, 0.2) is 0 Å². The molecule has 0 unspecified atom stereocenters. The number of nitrogens with zero attached hydrogens (tertiary/aromatic N) is 2. The van der Waals surface area contributed by atoms with Crippen LogP contribution < -0.4 is 0 Å². The van der Waals surface area contributed by atoms with E-state index < -0.39 is 0 Å². The van der Waals surface area contributed by atoms with Gasteiger partial charge in [0.1, 0.15) is 0 Å². The van der Waals surface area contributed by atoms with E-state index in [4.69, 9.17) is 4.74 Å². The molecule has 1 aliphatic heterocycles. The molecular formula is C14H21BrN2O. The molecule has 4 heteroatoms. The Kier molecular flexibility index (Phi) is 5.01. The lowest BCUT2D eigenvalue weighted by Crippen LogP contribution is -2.11. The Morgan fingerprint density at radius 1 is 1.39 bits per heavy atom. The maximum absolute atomic E-state index is 5.57. The monoisotopic (exact) mass is 312 g/mol. The van der Waals surface area contributed by atoms with Crippen LogP contribution >= 0.6 is 15.9 Å². The summed E-state index contributed by atoms with van der Waals surface area (Å²) in [4.78, 5) is 0. The number of ether oxygens (including phenoxy) is 1. The highest BCUT2D eigenvalue weighted by Gasteiger charge is 2.16. The maximum Gasteiger partial charge on any atom is 0.0644 e. The molecule has 0 amide bonds. The summed E-state index contributed by atoms with van der Waals surface area (Å²) in [5.74, 6) is 0. The van der Waals surface area contributed by atoms with E-state index in [-0.39, 0.29) is 0 Å². The summed E-state index contributed by atoms with van der Waals surface area (Å²) in [7, 11) is 0. The molecule has 0 N–H and O–H groups in total. The third-order valence-electron chi connectivity index (χ3n) is 3.32. The molecule has 2 heterocycles. The number of alkyl halides is 1. The van der Waals surface area contributed by atoms with Crippen LogP contribution in [0.3, 0.4) is 0 Å². The molecule has 100 valence electrons. The fraction of sp³-hybridized carbons (Fsp3) is 0.643. The van der Waals surface area contributed by atoms with Crippen LogP contribution in [0, 0.1) is 0 Å². The minimum Gasteiger partial charge on any atom is -0.381 e. The van der Waals surface area contributed by atoms with Crippen molar-refractivity contribution >= 4 is 21.5 Å². The van der Waals surface area contributed by atoms with Crippen molar-refractivity contribution in [3.63, 3.8) is 0 Å². The molecule has 0 spiro atoms. The Hall–Kier alpha value is -0.610. The number of allylic oxidation sites excluding steroid dienone is 1. The predicted molar refractivity (Wildman–Crippen MR) is 78.0 cm³/mol. The van der Waals surface area contributed by atoms with E-state index in [1.807, 2.05) is 6.20 Å². The first kappa shape index (κ1) is 13.8. The van der Waals surface area contributed by atoms with Gasteiger partial charge in [0.25, 0.3) is 0 Å². The second-order valence-electron chi connectivity index (χ2n) is 4.94. The second kappa shape index (κ2) is 6.53. The molecule has 0 fully saturated rings. The van der Waals surface area contributed by atoms with Crippen LogP contribution in [0.15, 0.2) is 17.8 Å². The van der Waals surface area contributed by atoms with E-state index in [1.165, 1.54) is 16.8 Å². The van der Waals surface area contributed by atoms with Crippen LogP contribution in [0.4, 0.5) is 0 Å². The molecule has 0 atom stereocenters. The standard InChI is InChI=1S/C14H21BrN2O/c1-11(2)17-14(5-7-16-17)13-4-3-8-18-9-6-12(13)10-15/h5,7,11H,3-4,6,8-10H2,1-2H3/b13-12-. The van der Waals surface area contributed by atoms with Crippen molar-refractivity contribution in [1.29, 1.82) is 0 Å². The topological polar surface area (TPSA) is 27.1 Å². The van der Waals surface area contributed by atoms with E-state index in [9.17, 15) is 0 Å². The van der Waals surface area contributed by atoms with Gasteiger partial charge >= 0.3 is 0 Å². The van der Waals surface area contributed by atoms with Gasteiger partial charge in [-0.15, -0.1) is 0 Å². The first-order valence-corrected chi connectivity index (χ1v) is 7.74. The van der Waals surface area contributed by atoms with Crippen LogP contribution in [-0.2, 0) is 4.74 Å². The molecule has 0 saturated heterocycles. The lowest BCUT2D eigenvalue weighted by Gasteiger charge is -2.20. The average Bonchev–Trinajstić information content (AvgIpc) is 2.78. The van der Waals surface area contributed by atoms with Crippen molar-refractivity contribution in [2.24, 2.45) is 0 Å². The van der Waals surface area contributed by atoms with Gasteiger partial charge in [0.05, 0.1) is 12.3 Å². The Morgan fingerprint density at radius 3 is 2.94 bits per heavy atom. The number of hydrogen-bond donors (Lipinski definition) is 0. The highest BCUT2D eigenvalue weighted by atomic mass is 79.9. The first-order valence-electron chi connectivity index (χ1n) is 6.62. The molecular weight excluding hydrogens is 292 g/mol. The number of aromatic nitrogens is 2. The zero-order valence-electron chi connectivity index (χ0n) is 11.2. The van der Waals surface area contributed by atoms with E-state index >= 15 is 0 Å². The van der Waals surface area contributed by atoms with Crippen LogP contribution in [0.1, 0.15) is 44.8 Å². The van der Waals surface area contributed by atoms with Gasteiger partial charge in [0, 0.05) is 24.2 Å². The summed E-state index contributed by atoms with van der Waals surface area (Å²) >= 11 is 3.62. The lowest BCUT2D eigenvalue weighted by molar-refractivity contribution is 0.133. The van der Waals surface area contributed by atoms with Crippen LogP contribution in [-0.4, -0.2) is 28.3 Å². The number of hydrogen-bond acceptors (Lipinski definition) is 2. The zero-order chi connectivity index (χ0) is 13.0. The van der Waals surface area contributed by atoms with E-state index in [0.29, 0.717) is 6.04 Å². The quantitative estimate of drug-likeness (QED) is 0.793. The summed E-state index contributed by atoms with van der Waals surface area (Å²) in [5, 5.41) is 5.38. The molecule has 0 bridgehead atoms. The minimum atomic E-state index is 0.403. The van der Waals surface area contributed by atoms with Gasteiger partial charge in [-0.25, -0.2) is 0 Å².